The molecule has 0 aliphatic carbocycles. The zero-order valence-corrected chi connectivity index (χ0v) is 7.59. The normalized spacial score (nSPS) is 10.1. The summed E-state index contributed by atoms with van der Waals surface area (Å²) < 4.78 is 18.0. The van der Waals surface area contributed by atoms with E-state index in [4.69, 9.17) is 9.84 Å². The molecule has 0 fully saturated rings. The molecule has 0 spiro atoms. The summed E-state index contributed by atoms with van der Waals surface area (Å²) in [6.45, 7) is 2.38. The molecule has 0 amide bonds. The van der Waals surface area contributed by atoms with Crippen LogP contribution >= 0.6 is 0 Å². The molecule has 3 heteroatoms. The first-order valence-electron chi connectivity index (χ1n) is 4.30. The van der Waals surface area contributed by atoms with Gasteiger partial charge in [-0.3, -0.25) is 0 Å². The van der Waals surface area contributed by atoms with Gasteiger partial charge in [0.2, 0.25) is 0 Å². The molecule has 1 aromatic rings. The van der Waals surface area contributed by atoms with Crippen LogP contribution in [0.4, 0.5) is 4.39 Å². The van der Waals surface area contributed by atoms with Gasteiger partial charge in [-0.25, -0.2) is 4.39 Å². The Bertz CT molecular complexity index is 274. The highest BCUT2D eigenvalue weighted by atomic mass is 19.1. The van der Waals surface area contributed by atoms with Crippen LogP contribution in [0.2, 0.25) is 0 Å². The second-order valence-electron chi connectivity index (χ2n) is 2.76. The lowest BCUT2D eigenvalue weighted by Crippen LogP contribution is -1.99. The van der Waals surface area contributed by atoms with Crippen LogP contribution in [0.1, 0.15) is 18.9 Å². The van der Waals surface area contributed by atoms with Gasteiger partial charge in [0.25, 0.3) is 0 Å². The van der Waals surface area contributed by atoms with Gasteiger partial charge in [0.1, 0.15) is 11.6 Å². The third-order valence-corrected chi connectivity index (χ3v) is 1.66. The Morgan fingerprint density at radius 1 is 1.46 bits per heavy atom. The van der Waals surface area contributed by atoms with Gasteiger partial charge < -0.3 is 9.84 Å². The highest BCUT2D eigenvalue weighted by Gasteiger charge is 2.03. The average Bonchev–Trinajstić information content (AvgIpc) is 2.15. The van der Waals surface area contributed by atoms with Crippen LogP contribution in [0.25, 0.3) is 0 Å². The summed E-state index contributed by atoms with van der Waals surface area (Å²) in [4.78, 5) is 0. The summed E-state index contributed by atoms with van der Waals surface area (Å²) in [5, 5.41) is 8.91. The molecule has 0 aliphatic heterocycles. The lowest BCUT2D eigenvalue weighted by atomic mass is 10.2. The molecule has 0 saturated carbocycles. The van der Waals surface area contributed by atoms with Crippen molar-refractivity contribution in [3.05, 3.63) is 29.6 Å². The van der Waals surface area contributed by atoms with Crippen molar-refractivity contribution in [2.45, 2.75) is 20.0 Å². The number of ether oxygens (including phenoxy) is 1. The molecule has 72 valence electrons. The van der Waals surface area contributed by atoms with Gasteiger partial charge >= 0.3 is 0 Å². The fourth-order valence-corrected chi connectivity index (χ4v) is 1.01. The quantitative estimate of drug-likeness (QED) is 0.776. The Balaban J connectivity index is 2.81. The molecule has 0 atom stereocenters. The van der Waals surface area contributed by atoms with Gasteiger partial charge in [-0.1, -0.05) is 13.0 Å². The first-order chi connectivity index (χ1) is 6.27. The number of hydrogen-bond acceptors (Lipinski definition) is 2. The second kappa shape index (κ2) is 4.82. The van der Waals surface area contributed by atoms with Crippen LogP contribution < -0.4 is 4.74 Å². The molecular weight excluding hydrogens is 171 g/mol. The molecule has 0 heterocycles. The number of benzene rings is 1. The second-order valence-corrected chi connectivity index (χ2v) is 2.76. The highest BCUT2D eigenvalue weighted by Crippen LogP contribution is 2.19. The van der Waals surface area contributed by atoms with E-state index in [1.165, 1.54) is 18.2 Å². The van der Waals surface area contributed by atoms with Gasteiger partial charge in [0, 0.05) is 11.6 Å². The maximum atomic E-state index is 12.7. The van der Waals surface area contributed by atoms with Crippen molar-refractivity contribution in [1.29, 1.82) is 0 Å². The van der Waals surface area contributed by atoms with Gasteiger partial charge in [-0.2, -0.15) is 0 Å². The minimum absolute atomic E-state index is 0.126. The summed E-state index contributed by atoms with van der Waals surface area (Å²) >= 11 is 0. The predicted octanol–water partition coefficient (Wildman–Crippen LogP) is 2.11. The standard InChI is InChI=1S/C10H13FO2/c1-2-5-13-10-6-9(11)4-3-8(10)7-12/h3-4,6,12H,2,5,7H2,1H3. The van der Waals surface area contributed by atoms with Crippen LogP contribution in [0.15, 0.2) is 18.2 Å². The predicted molar refractivity (Wildman–Crippen MR) is 48.1 cm³/mol. The molecule has 0 saturated heterocycles. The average molecular weight is 184 g/mol. The van der Waals surface area contributed by atoms with Crippen molar-refractivity contribution in [2.24, 2.45) is 0 Å². The molecule has 0 bridgehead atoms. The van der Waals surface area contributed by atoms with Gasteiger partial charge in [-0.05, 0) is 12.5 Å². The van der Waals surface area contributed by atoms with Crippen molar-refractivity contribution in [2.75, 3.05) is 6.61 Å². The number of aliphatic hydroxyl groups excluding tert-OH is 1. The van der Waals surface area contributed by atoms with E-state index in [9.17, 15) is 4.39 Å². The molecule has 0 aliphatic rings. The molecular formula is C10H13FO2. The number of aliphatic hydroxyl groups is 1. The van der Waals surface area contributed by atoms with E-state index in [2.05, 4.69) is 0 Å². The van der Waals surface area contributed by atoms with Gasteiger partial charge in [-0.15, -0.1) is 0 Å². The van der Waals surface area contributed by atoms with E-state index < -0.39 is 0 Å². The first-order valence-corrected chi connectivity index (χ1v) is 4.30. The Morgan fingerprint density at radius 3 is 2.85 bits per heavy atom. The van der Waals surface area contributed by atoms with E-state index in [-0.39, 0.29) is 12.4 Å². The highest BCUT2D eigenvalue weighted by molar-refractivity contribution is 5.33. The molecule has 13 heavy (non-hydrogen) atoms. The van der Waals surface area contributed by atoms with Crippen molar-refractivity contribution in [3.8, 4) is 5.75 Å². The molecule has 0 radical (unpaired) electrons. The molecule has 1 aromatic carbocycles. The van der Waals surface area contributed by atoms with Gasteiger partial charge in [0.05, 0.1) is 13.2 Å². The molecule has 0 aromatic heterocycles. The molecule has 1 N–H and O–H groups in total. The summed E-state index contributed by atoms with van der Waals surface area (Å²) in [6.07, 6.45) is 0.862. The topological polar surface area (TPSA) is 29.5 Å². The van der Waals surface area contributed by atoms with E-state index in [1.54, 1.807) is 0 Å². The number of rotatable bonds is 4. The largest absolute Gasteiger partial charge is 0.493 e. The third-order valence-electron chi connectivity index (χ3n) is 1.66. The summed E-state index contributed by atoms with van der Waals surface area (Å²) in [6, 6.07) is 4.13. The molecule has 2 nitrogen and oxygen atoms in total. The fourth-order valence-electron chi connectivity index (χ4n) is 1.01. The van der Waals surface area contributed by atoms with Crippen molar-refractivity contribution in [1.82, 2.24) is 0 Å². The van der Waals surface area contributed by atoms with Crippen LogP contribution in [0.3, 0.4) is 0 Å². The number of hydrogen-bond donors (Lipinski definition) is 1. The van der Waals surface area contributed by atoms with Crippen LogP contribution in [0, 0.1) is 5.82 Å². The first kappa shape index (κ1) is 9.99. The lowest BCUT2D eigenvalue weighted by molar-refractivity contribution is 0.262. The van der Waals surface area contributed by atoms with Gasteiger partial charge in [0.15, 0.2) is 0 Å². The fraction of sp³-hybridized carbons (Fsp3) is 0.400. The van der Waals surface area contributed by atoms with Crippen molar-refractivity contribution >= 4 is 0 Å². The minimum Gasteiger partial charge on any atom is -0.493 e. The summed E-state index contributed by atoms with van der Waals surface area (Å²) in [5.74, 6) is 0.0904. The monoisotopic (exact) mass is 184 g/mol. The molecule has 0 unspecified atom stereocenters. The Labute approximate surface area is 77.0 Å². The van der Waals surface area contributed by atoms with Crippen molar-refractivity contribution < 1.29 is 14.2 Å². The van der Waals surface area contributed by atoms with E-state index >= 15 is 0 Å². The number of halogens is 1. The minimum atomic E-state index is -0.344. The zero-order valence-electron chi connectivity index (χ0n) is 7.59. The smallest absolute Gasteiger partial charge is 0.127 e. The van der Waals surface area contributed by atoms with E-state index in [1.807, 2.05) is 6.92 Å². The molecule has 1 rings (SSSR count). The van der Waals surface area contributed by atoms with E-state index in [0.29, 0.717) is 17.9 Å². The van der Waals surface area contributed by atoms with E-state index in [0.717, 1.165) is 6.42 Å². The van der Waals surface area contributed by atoms with Crippen LogP contribution in [-0.2, 0) is 6.61 Å². The maximum Gasteiger partial charge on any atom is 0.127 e. The lowest BCUT2D eigenvalue weighted by Gasteiger charge is -2.08. The Morgan fingerprint density at radius 2 is 2.23 bits per heavy atom. The van der Waals surface area contributed by atoms with Crippen LogP contribution in [0.5, 0.6) is 5.75 Å². The van der Waals surface area contributed by atoms with Crippen molar-refractivity contribution in [3.63, 3.8) is 0 Å². The SMILES string of the molecule is CCCOc1cc(F)ccc1CO. The Kier molecular flexibility index (Phi) is 3.71. The third kappa shape index (κ3) is 2.70. The summed E-state index contributed by atoms with van der Waals surface area (Å²) in [5.41, 5.74) is 0.620. The van der Waals surface area contributed by atoms with Crippen LogP contribution in [-0.4, -0.2) is 11.7 Å². The summed E-state index contributed by atoms with van der Waals surface area (Å²) in [7, 11) is 0. The zero-order chi connectivity index (χ0) is 9.68. The maximum absolute atomic E-state index is 12.7. The Hall–Kier alpha value is -1.09.